The van der Waals surface area contributed by atoms with Gasteiger partial charge in [-0.05, 0) is 60.7 Å². The number of rotatable bonds is 6. The van der Waals surface area contributed by atoms with Gasteiger partial charge in [-0.1, -0.05) is 12.1 Å². The van der Waals surface area contributed by atoms with Crippen molar-refractivity contribution in [3.05, 3.63) is 78.4 Å². The first-order valence-electron chi connectivity index (χ1n) is 8.98. The molecule has 9 heteroatoms. The summed E-state index contributed by atoms with van der Waals surface area (Å²) in [6.45, 7) is 0. The second-order valence-electron chi connectivity index (χ2n) is 6.42. The molecule has 0 aliphatic carbocycles. The summed E-state index contributed by atoms with van der Waals surface area (Å²) in [5, 5.41) is 2.67. The van der Waals surface area contributed by atoms with Gasteiger partial charge in [0, 0.05) is 11.3 Å². The first kappa shape index (κ1) is 19.5. The van der Waals surface area contributed by atoms with Crippen LogP contribution in [0.1, 0.15) is 10.4 Å². The van der Waals surface area contributed by atoms with Gasteiger partial charge in [-0.3, -0.25) is 14.8 Å². The zero-order valence-electron chi connectivity index (χ0n) is 15.9. The summed E-state index contributed by atoms with van der Waals surface area (Å²) < 4.78 is 32.7. The molecular weight excluding hydrogens is 404 g/mol. The third-order valence-corrected chi connectivity index (χ3v) is 5.79. The van der Waals surface area contributed by atoms with E-state index in [1.165, 1.54) is 31.4 Å². The van der Waals surface area contributed by atoms with E-state index >= 15 is 0 Å². The topological polar surface area (TPSA) is 113 Å². The number of aromatic amines is 1. The van der Waals surface area contributed by atoms with Crippen LogP contribution in [0, 0.1) is 0 Å². The fraction of sp³-hybridized carbons (Fsp3) is 0.0476. The predicted molar refractivity (Wildman–Crippen MR) is 114 cm³/mol. The summed E-state index contributed by atoms with van der Waals surface area (Å²) in [7, 11) is -2.26. The van der Waals surface area contributed by atoms with E-state index in [1.54, 1.807) is 24.3 Å². The number of hydrogen-bond donors (Lipinski definition) is 3. The Kier molecular flexibility index (Phi) is 5.11. The standard InChI is InChI=1S/C21H18N4O4S/c1-29-16-10-8-15(9-11-16)25-30(27,28)17-12-6-14(7-13-17)20(26)24-21-22-18-4-2-3-5-19(18)23-21/h2-13,25H,1H3,(H2,22,23,24,26). The lowest BCUT2D eigenvalue weighted by molar-refractivity contribution is 0.102. The van der Waals surface area contributed by atoms with Crippen molar-refractivity contribution in [2.45, 2.75) is 4.90 Å². The van der Waals surface area contributed by atoms with Crippen molar-refractivity contribution < 1.29 is 17.9 Å². The zero-order chi connectivity index (χ0) is 21.1. The van der Waals surface area contributed by atoms with E-state index in [9.17, 15) is 13.2 Å². The first-order chi connectivity index (χ1) is 14.4. The first-order valence-corrected chi connectivity index (χ1v) is 10.5. The summed E-state index contributed by atoms with van der Waals surface area (Å²) in [5.74, 6) is 0.540. The lowest BCUT2D eigenvalue weighted by atomic mass is 10.2. The van der Waals surface area contributed by atoms with Gasteiger partial charge in [0.2, 0.25) is 5.95 Å². The number of benzene rings is 3. The van der Waals surface area contributed by atoms with E-state index in [0.29, 0.717) is 22.9 Å². The maximum Gasteiger partial charge on any atom is 0.261 e. The molecule has 152 valence electrons. The molecule has 1 aromatic heterocycles. The number of amides is 1. The normalized spacial score (nSPS) is 11.2. The fourth-order valence-corrected chi connectivity index (χ4v) is 3.91. The maximum atomic E-state index is 12.6. The van der Waals surface area contributed by atoms with Crippen molar-refractivity contribution >= 4 is 38.6 Å². The van der Waals surface area contributed by atoms with Crippen LogP contribution >= 0.6 is 0 Å². The zero-order valence-corrected chi connectivity index (χ0v) is 16.7. The minimum absolute atomic E-state index is 0.0404. The highest BCUT2D eigenvalue weighted by Gasteiger charge is 2.16. The third kappa shape index (κ3) is 4.11. The number of nitrogens with zero attached hydrogens (tertiary/aromatic N) is 1. The number of nitrogens with one attached hydrogen (secondary N) is 3. The molecule has 1 amide bonds. The van der Waals surface area contributed by atoms with Crippen LogP contribution in [0.2, 0.25) is 0 Å². The van der Waals surface area contributed by atoms with Crippen molar-refractivity contribution in [2.24, 2.45) is 0 Å². The van der Waals surface area contributed by atoms with Crippen molar-refractivity contribution in [3.63, 3.8) is 0 Å². The summed E-state index contributed by atoms with van der Waals surface area (Å²) in [6.07, 6.45) is 0. The molecule has 30 heavy (non-hydrogen) atoms. The molecule has 0 unspecified atom stereocenters. The summed E-state index contributed by atoms with van der Waals surface area (Å²) in [4.78, 5) is 19.8. The van der Waals surface area contributed by atoms with Crippen LogP contribution in [-0.4, -0.2) is 31.4 Å². The van der Waals surface area contributed by atoms with E-state index < -0.39 is 15.9 Å². The van der Waals surface area contributed by atoms with Crippen molar-refractivity contribution in [1.82, 2.24) is 9.97 Å². The Morgan fingerprint density at radius 3 is 2.33 bits per heavy atom. The molecule has 0 saturated carbocycles. The van der Waals surface area contributed by atoms with Gasteiger partial charge in [0.05, 0.1) is 23.0 Å². The average Bonchev–Trinajstić information content (AvgIpc) is 3.16. The number of ether oxygens (including phenoxy) is 1. The summed E-state index contributed by atoms with van der Waals surface area (Å²) in [6, 6.07) is 19.6. The molecule has 0 bridgehead atoms. The number of aromatic nitrogens is 2. The molecule has 0 aliphatic rings. The number of carbonyl (C=O) groups excluding carboxylic acids is 1. The molecule has 0 fully saturated rings. The van der Waals surface area contributed by atoms with Crippen LogP contribution in [0.4, 0.5) is 11.6 Å². The Morgan fingerprint density at radius 1 is 0.967 bits per heavy atom. The molecule has 3 N–H and O–H groups in total. The third-order valence-electron chi connectivity index (χ3n) is 4.39. The highest BCUT2D eigenvalue weighted by atomic mass is 32.2. The van der Waals surface area contributed by atoms with Gasteiger partial charge >= 0.3 is 0 Å². The average molecular weight is 422 g/mol. The van der Waals surface area contributed by atoms with Crippen LogP contribution in [0.5, 0.6) is 5.75 Å². The van der Waals surface area contributed by atoms with E-state index in [0.717, 1.165) is 11.0 Å². The van der Waals surface area contributed by atoms with Crippen molar-refractivity contribution in [1.29, 1.82) is 0 Å². The SMILES string of the molecule is COc1ccc(NS(=O)(=O)c2ccc(C(=O)Nc3nc4ccccc4[nH]3)cc2)cc1. The highest BCUT2D eigenvalue weighted by molar-refractivity contribution is 7.92. The van der Waals surface area contributed by atoms with Gasteiger partial charge in [-0.15, -0.1) is 0 Å². The number of H-pyrrole nitrogens is 1. The number of sulfonamides is 1. The molecule has 3 aromatic carbocycles. The number of anilines is 2. The monoisotopic (exact) mass is 422 g/mol. The number of para-hydroxylation sites is 2. The molecule has 0 spiro atoms. The van der Waals surface area contributed by atoms with Gasteiger partial charge in [0.15, 0.2) is 0 Å². The second kappa shape index (κ2) is 7.88. The smallest absolute Gasteiger partial charge is 0.261 e. The summed E-state index contributed by atoms with van der Waals surface area (Å²) >= 11 is 0. The van der Waals surface area contributed by atoms with E-state index in [2.05, 4.69) is 20.0 Å². The number of methoxy groups -OCH3 is 1. The van der Waals surface area contributed by atoms with Crippen LogP contribution in [0.15, 0.2) is 77.7 Å². The van der Waals surface area contributed by atoms with Gasteiger partial charge in [0.1, 0.15) is 5.75 Å². The fourth-order valence-electron chi connectivity index (χ4n) is 2.85. The van der Waals surface area contributed by atoms with Gasteiger partial charge < -0.3 is 9.72 Å². The highest BCUT2D eigenvalue weighted by Crippen LogP contribution is 2.20. The number of hydrogen-bond acceptors (Lipinski definition) is 5. The maximum absolute atomic E-state index is 12.6. The molecule has 1 heterocycles. The minimum Gasteiger partial charge on any atom is -0.497 e. The quantitative estimate of drug-likeness (QED) is 0.439. The van der Waals surface area contributed by atoms with E-state index in [1.807, 2.05) is 24.3 Å². The molecule has 0 atom stereocenters. The predicted octanol–water partition coefficient (Wildman–Crippen LogP) is 3.62. The molecule has 8 nitrogen and oxygen atoms in total. The van der Waals surface area contributed by atoms with Gasteiger partial charge in [-0.25, -0.2) is 13.4 Å². The van der Waals surface area contributed by atoms with Gasteiger partial charge in [0.25, 0.3) is 15.9 Å². The summed E-state index contributed by atoms with van der Waals surface area (Å²) in [5.41, 5.74) is 2.25. The molecule has 0 aliphatic heterocycles. The van der Waals surface area contributed by atoms with Crippen LogP contribution < -0.4 is 14.8 Å². The minimum atomic E-state index is -3.79. The largest absolute Gasteiger partial charge is 0.497 e. The van der Waals surface area contributed by atoms with E-state index in [-0.39, 0.29) is 4.90 Å². The lowest BCUT2D eigenvalue weighted by Crippen LogP contribution is -2.15. The Balaban J connectivity index is 1.47. The number of carbonyl (C=O) groups is 1. The molecular formula is C21H18N4O4S. The molecule has 0 radical (unpaired) electrons. The van der Waals surface area contributed by atoms with Gasteiger partial charge in [-0.2, -0.15) is 0 Å². The van der Waals surface area contributed by atoms with E-state index in [4.69, 9.17) is 4.74 Å². The Labute approximate surface area is 173 Å². The Bertz CT molecular complexity index is 1260. The Morgan fingerprint density at radius 2 is 1.67 bits per heavy atom. The molecule has 4 rings (SSSR count). The van der Waals surface area contributed by atoms with Crippen LogP contribution in [0.25, 0.3) is 11.0 Å². The second-order valence-corrected chi connectivity index (χ2v) is 8.10. The number of imidazole rings is 1. The van der Waals surface area contributed by atoms with Crippen LogP contribution in [0.3, 0.4) is 0 Å². The van der Waals surface area contributed by atoms with Crippen LogP contribution in [-0.2, 0) is 10.0 Å². The van der Waals surface area contributed by atoms with Crippen molar-refractivity contribution in [2.75, 3.05) is 17.1 Å². The lowest BCUT2D eigenvalue weighted by Gasteiger charge is -2.09. The number of fused-ring (bicyclic) bond motifs is 1. The van der Waals surface area contributed by atoms with Crippen molar-refractivity contribution in [3.8, 4) is 5.75 Å². The molecule has 0 saturated heterocycles. The molecule has 4 aromatic rings. The Hall–Kier alpha value is -3.85.